The molecule has 0 saturated carbocycles. The van der Waals surface area contributed by atoms with Gasteiger partial charge in [0.05, 0.1) is 12.2 Å². The van der Waals surface area contributed by atoms with Crippen LogP contribution in [0.4, 0.5) is 26.7 Å². The molecule has 10 heteroatoms. The van der Waals surface area contributed by atoms with E-state index < -0.39 is 24.5 Å². The Hall–Kier alpha value is -4.28. The standard InChI is InChI=1S/C11H15NO3.C10H15NO.C6H7N.C5H8O3/c1-8(13)9(2)15-11(14)12-10-6-4-3-5-7-10;1-8(9(2)12)11-10-6-4-3-5-7-10;7-6-4-2-1-3-5-6;1-3-4(2)8-5(6)7-3/h3-9,13H,1-2H3,(H,12,14);3-9,11-12H,1-2H3;1-5H,7H2;3-4H,1-2H3. The SMILES string of the molecule is CC(O)C(C)Nc1ccccc1.CC(O)C(C)OC(=O)Nc1ccccc1.CC1OC(=O)OC1C.Nc1ccccc1. The van der Waals surface area contributed by atoms with Gasteiger partial charge in [-0.1, -0.05) is 54.6 Å². The number of rotatable bonds is 6. The van der Waals surface area contributed by atoms with E-state index in [1.54, 1.807) is 46.8 Å². The number of hydrogen-bond donors (Lipinski definition) is 5. The van der Waals surface area contributed by atoms with E-state index in [2.05, 4.69) is 20.1 Å². The van der Waals surface area contributed by atoms with Gasteiger partial charge in [-0.15, -0.1) is 0 Å². The maximum absolute atomic E-state index is 11.3. The number of anilines is 3. The maximum Gasteiger partial charge on any atom is 0.509 e. The summed E-state index contributed by atoms with van der Waals surface area (Å²) in [5.41, 5.74) is 7.89. The van der Waals surface area contributed by atoms with Gasteiger partial charge in [-0.2, -0.15) is 0 Å². The van der Waals surface area contributed by atoms with Crippen molar-refractivity contribution in [3.8, 4) is 0 Å². The predicted octanol–water partition coefficient (Wildman–Crippen LogP) is 6.07. The van der Waals surface area contributed by atoms with Crippen molar-refractivity contribution < 1.29 is 34.0 Å². The molecule has 230 valence electrons. The van der Waals surface area contributed by atoms with Gasteiger partial charge in [-0.25, -0.2) is 9.59 Å². The summed E-state index contributed by atoms with van der Waals surface area (Å²) in [5, 5.41) is 24.1. The van der Waals surface area contributed by atoms with Gasteiger partial charge in [0.25, 0.3) is 0 Å². The zero-order valence-electron chi connectivity index (χ0n) is 25.1. The van der Waals surface area contributed by atoms with E-state index in [0.29, 0.717) is 5.69 Å². The Labute approximate surface area is 248 Å². The van der Waals surface area contributed by atoms with Crippen LogP contribution in [0, 0.1) is 0 Å². The van der Waals surface area contributed by atoms with Crippen LogP contribution in [0.2, 0.25) is 0 Å². The lowest BCUT2D eigenvalue weighted by molar-refractivity contribution is 0.0288. The van der Waals surface area contributed by atoms with Crippen LogP contribution in [0.5, 0.6) is 0 Å². The maximum atomic E-state index is 11.3. The third-order valence-electron chi connectivity index (χ3n) is 5.91. The Morgan fingerprint density at radius 2 is 1.19 bits per heavy atom. The van der Waals surface area contributed by atoms with Crippen molar-refractivity contribution in [2.75, 3.05) is 16.4 Å². The number of nitrogens with two attached hydrogens (primary N) is 1. The summed E-state index contributed by atoms with van der Waals surface area (Å²) in [5.74, 6) is 0. The van der Waals surface area contributed by atoms with Crippen LogP contribution in [0.1, 0.15) is 41.5 Å². The molecule has 1 saturated heterocycles. The molecule has 1 aliphatic rings. The number of hydrogen-bond acceptors (Lipinski definition) is 9. The van der Waals surface area contributed by atoms with Crippen molar-refractivity contribution in [1.29, 1.82) is 0 Å². The number of nitrogen functional groups attached to an aromatic ring is 1. The number of para-hydroxylation sites is 3. The first-order valence-electron chi connectivity index (χ1n) is 13.8. The number of benzene rings is 3. The van der Waals surface area contributed by atoms with E-state index in [-0.39, 0.29) is 24.4 Å². The number of aliphatic hydroxyl groups is 2. The van der Waals surface area contributed by atoms with Crippen molar-refractivity contribution in [2.24, 2.45) is 0 Å². The van der Waals surface area contributed by atoms with Crippen LogP contribution in [-0.4, -0.2) is 59.0 Å². The van der Waals surface area contributed by atoms with E-state index >= 15 is 0 Å². The number of nitrogens with one attached hydrogen (secondary N) is 2. The van der Waals surface area contributed by atoms with Crippen molar-refractivity contribution in [3.05, 3.63) is 91.0 Å². The molecule has 0 spiro atoms. The van der Waals surface area contributed by atoms with Crippen molar-refractivity contribution >= 4 is 29.3 Å². The molecule has 4 rings (SSSR count). The lowest BCUT2D eigenvalue weighted by Gasteiger charge is -2.17. The summed E-state index contributed by atoms with van der Waals surface area (Å²) in [6.45, 7) is 10.5. The number of cyclic esters (lactones) is 2. The molecule has 3 aromatic carbocycles. The minimum Gasteiger partial charge on any atom is -0.444 e. The molecule has 6 atom stereocenters. The van der Waals surface area contributed by atoms with Gasteiger partial charge in [0, 0.05) is 23.1 Å². The number of aliphatic hydroxyl groups excluding tert-OH is 2. The quantitative estimate of drug-likeness (QED) is 0.172. The van der Waals surface area contributed by atoms with Gasteiger partial charge < -0.3 is 35.5 Å². The molecule has 6 unspecified atom stereocenters. The number of amides is 1. The third kappa shape index (κ3) is 16.1. The Morgan fingerprint density at radius 3 is 1.52 bits per heavy atom. The van der Waals surface area contributed by atoms with E-state index in [9.17, 15) is 14.7 Å². The first-order valence-corrected chi connectivity index (χ1v) is 13.8. The molecule has 1 heterocycles. The molecule has 1 amide bonds. The summed E-state index contributed by atoms with van der Waals surface area (Å²) in [4.78, 5) is 21.5. The second kappa shape index (κ2) is 19.7. The molecule has 10 nitrogen and oxygen atoms in total. The Bertz CT molecular complexity index is 1120. The average Bonchev–Trinajstić information content (AvgIpc) is 3.25. The number of ether oxygens (including phenoxy) is 3. The fourth-order valence-corrected chi connectivity index (χ4v) is 2.83. The van der Waals surface area contributed by atoms with Crippen LogP contribution in [0.25, 0.3) is 0 Å². The fraction of sp³-hybridized carbons (Fsp3) is 0.375. The zero-order valence-corrected chi connectivity index (χ0v) is 25.1. The van der Waals surface area contributed by atoms with Crippen LogP contribution in [0.3, 0.4) is 0 Å². The van der Waals surface area contributed by atoms with Crippen LogP contribution in [0.15, 0.2) is 91.0 Å². The molecule has 42 heavy (non-hydrogen) atoms. The van der Waals surface area contributed by atoms with Gasteiger partial charge in [-0.3, -0.25) is 5.32 Å². The summed E-state index contributed by atoms with van der Waals surface area (Å²) < 4.78 is 14.1. The largest absolute Gasteiger partial charge is 0.509 e. The highest BCUT2D eigenvalue weighted by atomic mass is 16.8. The van der Waals surface area contributed by atoms with Gasteiger partial charge in [0.1, 0.15) is 18.3 Å². The van der Waals surface area contributed by atoms with Gasteiger partial charge in [0.2, 0.25) is 0 Å². The molecule has 1 aliphatic heterocycles. The van der Waals surface area contributed by atoms with Crippen LogP contribution >= 0.6 is 0 Å². The summed E-state index contributed by atoms with van der Waals surface area (Å²) >= 11 is 0. The zero-order chi connectivity index (χ0) is 31.5. The Morgan fingerprint density at radius 1 is 0.762 bits per heavy atom. The first-order chi connectivity index (χ1) is 19.9. The molecule has 6 N–H and O–H groups in total. The number of carbonyl (C=O) groups excluding carboxylic acids is 2. The van der Waals surface area contributed by atoms with E-state index in [1.807, 2.05) is 85.8 Å². The first kappa shape index (κ1) is 35.7. The smallest absolute Gasteiger partial charge is 0.444 e. The highest BCUT2D eigenvalue weighted by Crippen LogP contribution is 2.13. The Kier molecular flexibility index (Phi) is 16.8. The molecular formula is C32H45N3O7. The predicted molar refractivity (Wildman–Crippen MR) is 166 cm³/mol. The molecule has 1 fully saturated rings. The molecule has 0 bridgehead atoms. The third-order valence-corrected chi connectivity index (χ3v) is 5.91. The van der Waals surface area contributed by atoms with Crippen molar-refractivity contribution in [3.63, 3.8) is 0 Å². The molecule has 0 aromatic heterocycles. The summed E-state index contributed by atoms with van der Waals surface area (Å²) in [7, 11) is 0. The molecular weight excluding hydrogens is 538 g/mol. The topological polar surface area (TPSA) is 152 Å². The molecule has 0 radical (unpaired) electrons. The number of carbonyl (C=O) groups is 2. The second-order valence-corrected chi connectivity index (χ2v) is 9.69. The van der Waals surface area contributed by atoms with E-state index in [1.165, 1.54) is 0 Å². The minimum absolute atomic E-state index is 0.0810. The van der Waals surface area contributed by atoms with Crippen molar-refractivity contribution in [2.45, 2.75) is 78.1 Å². The van der Waals surface area contributed by atoms with Gasteiger partial charge >= 0.3 is 12.2 Å². The lowest BCUT2D eigenvalue weighted by atomic mass is 10.2. The highest BCUT2D eigenvalue weighted by Gasteiger charge is 2.28. The summed E-state index contributed by atoms with van der Waals surface area (Å²) in [6, 6.07) is 28.5. The minimum atomic E-state index is -0.675. The van der Waals surface area contributed by atoms with Crippen LogP contribution in [-0.2, 0) is 14.2 Å². The Balaban J connectivity index is 0.000000292. The second-order valence-electron chi connectivity index (χ2n) is 9.69. The van der Waals surface area contributed by atoms with Crippen LogP contribution < -0.4 is 16.4 Å². The van der Waals surface area contributed by atoms with Gasteiger partial charge in [0.15, 0.2) is 0 Å². The van der Waals surface area contributed by atoms with E-state index in [4.69, 9.17) is 15.6 Å². The molecule has 0 aliphatic carbocycles. The van der Waals surface area contributed by atoms with Gasteiger partial charge in [-0.05, 0) is 77.9 Å². The van der Waals surface area contributed by atoms with Crippen molar-refractivity contribution in [1.82, 2.24) is 0 Å². The summed E-state index contributed by atoms with van der Waals surface area (Å²) in [6.07, 6.45) is -2.80. The average molecular weight is 584 g/mol. The fourth-order valence-electron chi connectivity index (χ4n) is 2.83. The van der Waals surface area contributed by atoms with E-state index in [0.717, 1.165) is 11.4 Å². The lowest BCUT2D eigenvalue weighted by Crippen LogP contribution is -2.28. The molecule has 3 aromatic rings. The highest BCUT2D eigenvalue weighted by molar-refractivity contribution is 5.84. The normalized spacial score (nSPS) is 17.8. The monoisotopic (exact) mass is 583 g/mol.